The Labute approximate surface area is 167 Å². The molecule has 1 N–H and O–H groups in total. The minimum atomic E-state index is -0.276. The second kappa shape index (κ2) is 13.7. The first kappa shape index (κ1) is 23.6. The van der Waals surface area contributed by atoms with Crippen LogP contribution < -0.4 is 14.8 Å². The number of methoxy groups -OCH3 is 1. The molecule has 0 spiro atoms. The van der Waals surface area contributed by atoms with Gasteiger partial charge in [0.25, 0.3) is 0 Å². The van der Waals surface area contributed by atoms with Crippen LogP contribution in [-0.2, 0) is 4.79 Å². The molecule has 0 unspecified atom stereocenters. The zero-order valence-corrected chi connectivity index (χ0v) is 17.2. The van der Waals surface area contributed by atoms with Gasteiger partial charge in [-0.25, -0.2) is 0 Å². The Kier molecular flexibility index (Phi) is 11.5. The molecular formula is C21H32N2O5. The number of benzene rings is 1. The predicted octanol–water partition coefficient (Wildman–Crippen LogP) is 4.93. The molecule has 1 aromatic carbocycles. The lowest BCUT2D eigenvalue weighted by atomic mass is 10.1. The van der Waals surface area contributed by atoms with E-state index in [0.717, 1.165) is 12.8 Å². The molecule has 7 nitrogen and oxygen atoms in total. The number of hydrogen-bond donors (Lipinski definition) is 1. The Balaban J connectivity index is 2.34. The predicted molar refractivity (Wildman–Crippen MR) is 110 cm³/mol. The molecule has 1 aromatic rings. The van der Waals surface area contributed by atoms with Gasteiger partial charge in [-0.05, 0) is 31.0 Å². The van der Waals surface area contributed by atoms with Crippen LogP contribution >= 0.6 is 0 Å². The molecule has 0 aliphatic rings. The summed E-state index contributed by atoms with van der Waals surface area (Å²) in [4.78, 5) is 34.4. The maximum atomic E-state index is 11.8. The van der Waals surface area contributed by atoms with Crippen LogP contribution in [0.1, 0.15) is 75.6 Å². The van der Waals surface area contributed by atoms with Crippen molar-refractivity contribution in [3.8, 4) is 11.5 Å². The SMILES string of the molecule is CCCCCCCCNC(=O)CCCOc1cc(N=O)c(C(C)=O)cc1OC. The van der Waals surface area contributed by atoms with Crippen LogP contribution in [0.3, 0.4) is 0 Å². The number of Topliss-reactive ketones (excluding diaryl/α,β-unsaturated/α-hetero) is 1. The molecule has 28 heavy (non-hydrogen) atoms. The first-order chi connectivity index (χ1) is 13.5. The Bertz CT molecular complexity index is 646. The van der Waals surface area contributed by atoms with Crippen LogP contribution in [0.4, 0.5) is 5.69 Å². The topological polar surface area (TPSA) is 94.1 Å². The summed E-state index contributed by atoms with van der Waals surface area (Å²) in [5.74, 6) is 0.410. The summed E-state index contributed by atoms with van der Waals surface area (Å²) in [7, 11) is 1.45. The summed E-state index contributed by atoms with van der Waals surface area (Å²) in [6.45, 7) is 4.55. The van der Waals surface area contributed by atoms with Crippen LogP contribution in [0.5, 0.6) is 11.5 Å². The molecule has 0 aromatic heterocycles. The molecule has 156 valence electrons. The van der Waals surface area contributed by atoms with Gasteiger partial charge in [0, 0.05) is 19.0 Å². The van der Waals surface area contributed by atoms with Crippen molar-refractivity contribution in [1.29, 1.82) is 0 Å². The third kappa shape index (κ3) is 8.50. The van der Waals surface area contributed by atoms with Crippen LogP contribution in [0.25, 0.3) is 0 Å². The van der Waals surface area contributed by atoms with Gasteiger partial charge in [-0.15, -0.1) is 4.91 Å². The first-order valence-corrected chi connectivity index (χ1v) is 9.99. The van der Waals surface area contributed by atoms with E-state index in [1.807, 2.05) is 0 Å². The lowest BCUT2D eigenvalue weighted by molar-refractivity contribution is -0.121. The van der Waals surface area contributed by atoms with Gasteiger partial charge in [-0.3, -0.25) is 9.59 Å². The Morgan fingerprint density at radius 1 is 1.04 bits per heavy atom. The van der Waals surface area contributed by atoms with Crippen LogP contribution in [-0.4, -0.2) is 32.0 Å². The molecule has 0 bridgehead atoms. The number of hydrogen-bond acceptors (Lipinski definition) is 6. The van der Waals surface area contributed by atoms with E-state index in [9.17, 15) is 14.5 Å². The number of carbonyl (C=O) groups excluding carboxylic acids is 2. The van der Waals surface area contributed by atoms with Gasteiger partial charge in [-0.2, -0.15) is 0 Å². The number of nitroso groups, excluding NO2 is 1. The Morgan fingerprint density at radius 3 is 2.39 bits per heavy atom. The maximum Gasteiger partial charge on any atom is 0.220 e. The zero-order valence-electron chi connectivity index (χ0n) is 17.2. The quantitative estimate of drug-likeness (QED) is 0.259. The largest absolute Gasteiger partial charge is 0.493 e. The Morgan fingerprint density at radius 2 is 1.75 bits per heavy atom. The molecule has 0 saturated carbocycles. The highest BCUT2D eigenvalue weighted by atomic mass is 16.5. The average molecular weight is 392 g/mol. The van der Waals surface area contributed by atoms with Gasteiger partial charge in [0.05, 0.1) is 19.3 Å². The van der Waals surface area contributed by atoms with Gasteiger partial charge in [0.15, 0.2) is 17.3 Å². The van der Waals surface area contributed by atoms with Gasteiger partial charge >= 0.3 is 0 Å². The number of amides is 1. The number of nitrogens with zero attached hydrogens (tertiary/aromatic N) is 1. The standard InChI is InChI=1S/C21H32N2O5/c1-4-5-6-7-8-9-12-22-21(25)11-10-13-28-20-15-18(23-26)17(16(2)24)14-19(20)27-3/h14-15H,4-13H2,1-3H3,(H,22,25). The monoisotopic (exact) mass is 392 g/mol. The van der Waals surface area contributed by atoms with Gasteiger partial charge in [0.2, 0.25) is 5.91 Å². The summed E-state index contributed by atoms with van der Waals surface area (Å²) < 4.78 is 10.8. The zero-order chi connectivity index (χ0) is 20.8. The highest BCUT2D eigenvalue weighted by molar-refractivity contribution is 5.99. The molecule has 0 saturated heterocycles. The van der Waals surface area contributed by atoms with E-state index in [0.29, 0.717) is 37.5 Å². The van der Waals surface area contributed by atoms with E-state index >= 15 is 0 Å². The Hall–Kier alpha value is -2.44. The minimum Gasteiger partial charge on any atom is -0.493 e. The second-order valence-corrected chi connectivity index (χ2v) is 6.74. The van der Waals surface area contributed by atoms with Crippen molar-refractivity contribution >= 4 is 17.4 Å². The van der Waals surface area contributed by atoms with Crippen molar-refractivity contribution < 1.29 is 19.1 Å². The molecule has 0 aliphatic heterocycles. The van der Waals surface area contributed by atoms with Crippen molar-refractivity contribution in [2.24, 2.45) is 5.18 Å². The lowest BCUT2D eigenvalue weighted by Crippen LogP contribution is -2.24. The smallest absolute Gasteiger partial charge is 0.220 e. The third-order valence-electron chi connectivity index (χ3n) is 4.42. The number of ketones is 1. The number of rotatable bonds is 15. The molecule has 0 aliphatic carbocycles. The third-order valence-corrected chi connectivity index (χ3v) is 4.42. The van der Waals surface area contributed by atoms with Crippen molar-refractivity contribution in [3.05, 3.63) is 22.6 Å². The van der Waals surface area contributed by atoms with Gasteiger partial charge in [-0.1, -0.05) is 39.0 Å². The molecule has 1 amide bonds. The average Bonchev–Trinajstić information content (AvgIpc) is 2.69. The number of unbranched alkanes of at least 4 members (excludes halogenated alkanes) is 5. The number of carbonyl (C=O) groups is 2. The van der Waals surface area contributed by atoms with E-state index in [-0.39, 0.29) is 22.9 Å². The van der Waals surface area contributed by atoms with E-state index in [4.69, 9.17) is 9.47 Å². The van der Waals surface area contributed by atoms with Crippen LogP contribution in [0, 0.1) is 4.91 Å². The van der Waals surface area contributed by atoms with Crippen molar-refractivity contribution in [3.63, 3.8) is 0 Å². The first-order valence-electron chi connectivity index (χ1n) is 9.99. The van der Waals surface area contributed by atoms with E-state index < -0.39 is 0 Å². The van der Waals surface area contributed by atoms with Gasteiger partial charge < -0.3 is 14.8 Å². The number of nitrogens with one attached hydrogen (secondary N) is 1. The molecule has 1 rings (SSSR count). The summed E-state index contributed by atoms with van der Waals surface area (Å²) in [5.41, 5.74) is 0.202. The molecule has 0 radical (unpaired) electrons. The van der Waals surface area contributed by atoms with Crippen molar-refractivity contribution in [1.82, 2.24) is 5.32 Å². The normalized spacial score (nSPS) is 10.4. The highest BCUT2D eigenvalue weighted by Crippen LogP contribution is 2.35. The molecule has 7 heteroatoms. The number of ether oxygens (including phenoxy) is 2. The van der Waals surface area contributed by atoms with E-state index in [1.54, 1.807) is 0 Å². The van der Waals surface area contributed by atoms with Crippen LogP contribution in [0.15, 0.2) is 17.3 Å². The molecular weight excluding hydrogens is 360 g/mol. The molecule has 0 heterocycles. The fourth-order valence-corrected chi connectivity index (χ4v) is 2.82. The maximum absolute atomic E-state index is 11.8. The van der Waals surface area contributed by atoms with E-state index in [1.165, 1.54) is 51.8 Å². The fraction of sp³-hybridized carbons (Fsp3) is 0.619. The minimum absolute atomic E-state index is 0.00583. The van der Waals surface area contributed by atoms with Crippen molar-refractivity contribution in [2.75, 3.05) is 20.3 Å². The summed E-state index contributed by atoms with van der Waals surface area (Å²) in [5, 5.41) is 5.80. The van der Waals surface area contributed by atoms with Gasteiger partial charge in [0.1, 0.15) is 5.69 Å². The lowest BCUT2D eigenvalue weighted by Gasteiger charge is -2.12. The van der Waals surface area contributed by atoms with Crippen molar-refractivity contribution in [2.45, 2.75) is 65.2 Å². The molecule has 0 fully saturated rings. The molecule has 0 atom stereocenters. The fourth-order valence-electron chi connectivity index (χ4n) is 2.82. The highest BCUT2D eigenvalue weighted by Gasteiger charge is 2.15. The second-order valence-electron chi connectivity index (χ2n) is 6.74. The summed E-state index contributed by atoms with van der Waals surface area (Å²) in [6.07, 6.45) is 8.04. The summed E-state index contributed by atoms with van der Waals surface area (Å²) >= 11 is 0. The van der Waals surface area contributed by atoms with E-state index in [2.05, 4.69) is 17.4 Å². The van der Waals surface area contributed by atoms with Crippen LogP contribution in [0.2, 0.25) is 0 Å². The summed E-state index contributed by atoms with van der Waals surface area (Å²) in [6, 6.07) is 2.84.